The normalized spacial score (nSPS) is 14.8. The summed E-state index contributed by atoms with van der Waals surface area (Å²) in [6.07, 6.45) is 0. The molecule has 0 fully saturated rings. The van der Waals surface area contributed by atoms with Gasteiger partial charge < -0.3 is 15.4 Å². The van der Waals surface area contributed by atoms with Gasteiger partial charge in [-0.2, -0.15) is 0 Å². The third-order valence-electron chi connectivity index (χ3n) is 5.93. The van der Waals surface area contributed by atoms with E-state index >= 15 is 0 Å². The van der Waals surface area contributed by atoms with Crippen LogP contribution in [0.4, 0.5) is 11.5 Å². The predicted molar refractivity (Wildman–Crippen MR) is 128 cm³/mol. The highest BCUT2D eigenvalue weighted by atomic mass is 16.5. The molecule has 2 heterocycles. The largest absolute Gasteiger partial charge is 0.465 e. The van der Waals surface area contributed by atoms with Crippen molar-refractivity contribution < 1.29 is 14.3 Å². The summed E-state index contributed by atoms with van der Waals surface area (Å²) in [6.45, 7) is 1.72. The molecule has 1 atom stereocenters. The van der Waals surface area contributed by atoms with Crippen LogP contribution in [0.15, 0.2) is 75.5 Å². The Kier molecular flexibility index (Phi) is 5.93. The van der Waals surface area contributed by atoms with E-state index < -0.39 is 23.1 Å². The van der Waals surface area contributed by atoms with Crippen molar-refractivity contribution in [3.8, 4) is 0 Å². The van der Waals surface area contributed by atoms with Crippen molar-refractivity contribution in [1.29, 1.82) is 0 Å². The van der Waals surface area contributed by atoms with Crippen molar-refractivity contribution in [3.63, 3.8) is 0 Å². The minimum Gasteiger partial charge on any atom is -0.465 e. The molecule has 0 aliphatic carbocycles. The minimum atomic E-state index is -0.780. The van der Waals surface area contributed by atoms with Gasteiger partial charge in [0.25, 0.3) is 11.5 Å². The van der Waals surface area contributed by atoms with Crippen molar-refractivity contribution >= 4 is 23.4 Å². The first kappa shape index (κ1) is 22.8. The number of nitrogens with zero attached hydrogens (tertiary/aromatic N) is 2. The van der Waals surface area contributed by atoms with Gasteiger partial charge in [0.05, 0.1) is 24.2 Å². The Bertz CT molecular complexity index is 1430. The summed E-state index contributed by atoms with van der Waals surface area (Å²) in [7, 11) is 4.26. The summed E-state index contributed by atoms with van der Waals surface area (Å²) in [5.41, 5.74) is 1.66. The monoisotopic (exact) mass is 460 g/mol. The summed E-state index contributed by atoms with van der Waals surface area (Å²) >= 11 is 0. The number of carbonyl (C=O) groups is 2. The predicted octanol–water partition coefficient (Wildman–Crippen LogP) is 2.34. The number of hydrogen-bond donors (Lipinski definition) is 2. The third kappa shape index (κ3) is 3.81. The second-order valence-electron chi connectivity index (χ2n) is 8.00. The van der Waals surface area contributed by atoms with Gasteiger partial charge in [-0.25, -0.2) is 9.59 Å². The fraction of sp³-hybridized carbons (Fsp3) is 0.200. The van der Waals surface area contributed by atoms with Crippen LogP contribution < -0.4 is 21.9 Å². The first-order valence-electron chi connectivity index (χ1n) is 10.6. The molecule has 1 aliphatic heterocycles. The van der Waals surface area contributed by atoms with E-state index in [1.807, 2.05) is 6.07 Å². The lowest BCUT2D eigenvalue weighted by atomic mass is 9.81. The Labute approximate surface area is 195 Å². The third-order valence-corrected chi connectivity index (χ3v) is 5.93. The van der Waals surface area contributed by atoms with Crippen molar-refractivity contribution in [2.45, 2.75) is 12.8 Å². The number of allylic oxidation sites excluding steroid dienone is 1. The van der Waals surface area contributed by atoms with Gasteiger partial charge in [0.1, 0.15) is 5.82 Å². The van der Waals surface area contributed by atoms with Gasteiger partial charge in [-0.15, -0.1) is 0 Å². The van der Waals surface area contributed by atoms with Crippen molar-refractivity contribution in [2.24, 2.45) is 14.1 Å². The van der Waals surface area contributed by atoms with E-state index in [1.165, 1.54) is 18.7 Å². The number of anilines is 2. The molecule has 9 nitrogen and oxygen atoms in total. The highest BCUT2D eigenvalue weighted by Gasteiger charge is 2.36. The zero-order chi connectivity index (χ0) is 24.6. The maximum atomic E-state index is 13.5. The summed E-state index contributed by atoms with van der Waals surface area (Å²) in [4.78, 5) is 51.3. The van der Waals surface area contributed by atoms with Gasteiger partial charge >= 0.3 is 11.7 Å². The molecule has 0 spiro atoms. The van der Waals surface area contributed by atoms with Crippen LogP contribution >= 0.6 is 0 Å². The number of amides is 1. The number of esters is 1. The van der Waals surface area contributed by atoms with Crippen LogP contribution in [0.3, 0.4) is 0 Å². The second kappa shape index (κ2) is 8.86. The van der Waals surface area contributed by atoms with Crippen LogP contribution in [0.25, 0.3) is 0 Å². The molecule has 0 unspecified atom stereocenters. The molecule has 1 aliphatic rings. The standard InChI is InChI=1S/C25H24N4O5/c1-14-18(22(30)27-17-8-6-5-7-9-17)19(15-10-12-16(13-11-15)24(32)34-4)20-21(26-14)28(2)25(33)29(3)23(20)31/h5-13,19,26H,1-4H3,(H,27,30)/t19-/m0/s1. The molecule has 2 N–H and O–H groups in total. The highest BCUT2D eigenvalue weighted by molar-refractivity contribution is 6.07. The summed E-state index contributed by atoms with van der Waals surface area (Å²) in [5, 5.41) is 5.97. The molecule has 0 saturated heterocycles. The number of benzene rings is 2. The highest BCUT2D eigenvalue weighted by Crippen LogP contribution is 2.40. The SMILES string of the molecule is COC(=O)c1ccc([C@H]2C(C(=O)Nc3ccccc3)=C(C)Nc3c2c(=O)n(C)c(=O)n3C)cc1. The first-order valence-corrected chi connectivity index (χ1v) is 10.6. The molecule has 0 radical (unpaired) electrons. The van der Waals surface area contributed by atoms with Gasteiger partial charge in [0.2, 0.25) is 0 Å². The molecule has 2 aromatic carbocycles. The summed E-state index contributed by atoms with van der Waals surface area (Å²) in [5.74, 6) is -1.34. The van der Waals surface area contributed by atoms with Gasteiger partial charge in [-0.3, -0.25) is 18.7 Å². The average molecular weight is 460 g/mol. The van der Waals surface area contributed by atoms with E-state index in [2.05, 4.69) is 10.6 Å². The van der Waals surface area contributed by atoms with Crippen molar-refractivity contribution in [3.05, 3.63) is 103 Å². The quantitative estimate of drug-likeness (QED) is 0.578. The smallest absolute Gasteiger partial charge is 0.337 e. The topological polar surface area (TPSA) is 111 Å². The number of rotatable bonds is 4. The second-order valence-corrected chi connectivity index (χ2v) is 8.00. The summed E-state index contributed by atoms with van der Waals surface area (Å²) < 4.78 is 7.14. The lowest BCUT2D eigenvalue weighted by Gasteiger charge is -2.31. The Morgan fingerprint density at radius 1 is 0.971 bits per heavy atom. The molecule has 174 valence electrons. The Morgan fingerprint density at radius 2 is 1.62 bits per heavy atom. The van der Waals surface area contributed by atoms with E-state index in [0.717, 1.165) is 4.57 Å². The first-order chi connectivity index (χ1) is 16.2. The number of aromatic nitrogens is 2. The maximum absolute atomic E-state index is 13.5. The fourth-order valence-electron chi connectivity index (χ4n) is 4.17. The molecule has 0 bridgehead atoms. The van der Waals surface area contributed by atoms with Gasteiger partial charge in [0, 0.05) is 31.1 Å². The number of nitrogens with one attached hydrogen (secondary N) is 2. The lowest BCUT2D eigenvalue weighted by molar-refractivity contribution is -0.113. The van der Waals surface area contributed by atoms with Crippen molar-refractivity contribution in [1.82, 2.24) is 9.13 Å². The Hall–Kier alpha value is -4.40. The number of fused-ring (bicyclic) bond motifs is 1. The zero-order valence-electron chi connectivity index (χ0n) is 19.2. The lowest BCUT2D eigenvalue weighted by Crippen LogP contribution is -2.43. The molecule has 1 aromatic heterocycles. The fourth-order valence-corrected chi connectivity index (χ4v) is 4.17. The van der Waals surface area contributed by atoms with Crippen LogP contribution in [0.2, 0.25) is 0 Å². The van der Waals surface area contributed by atoms with Crippen LogP contribution in [0.5, 0.6) is 0 Å². The van der Waals surface area contributed by atoms with E-state index in [-0.39, 0.29) is 11.5 Å². The van der Waals surface area contributed by atoms with Gasteiger partial charge in [-0.1, -0.05) is 30.3 Å². The minimum absolute atomic E-state index is 0.263. The number of methoxy groups -OCH3 is 1. The molecule has 3 aromatic rings. The average Bonchev–Trinajstić information content (AvgIpc) is 2.85. The zero-order valence-corrected chi connectivity index (χ0v) is 19.2. The Balaban J connectivity index is 1.92. The molecule has 4 rings (SSSR count). The van der Waals surface area contributed by atoms with Gasteiger partial charge in [-0.05, 0) is 36.8 Å². The van der Waals surface area contributed by atoms with Crippen LogP contribution in [-0.2, 0) is 23.6 Å². The Morgan fingerprint density at radius 3 is 2.24 bits per heavy atom. The van der Waals surface area contributed by atoms with E-state index in [9.17, 15) is 19.2 Å². The van der Waals surface area contributed by atoms with Crippen LogP contribution in [0, 0.1) is 0 Å². The number of ether oxygens (including phenoxy) is 1. The van der Waals surface area contributed by atoms with E-state index in [4.69, 9.17) is 4.74 Å². The van der Waals surface area contributed by atoms with Crippen molar-refractivity contribution in [2.75, 3.05) is 17.7 Å². The number of para-hydroxylation sites is 1. The molecule has 0 saturated carbocycles. The maximum Gasteiger partial charge on any atom is 0.337 e. The van der Waals surface area contributed by atoms with Crippen LogP contribution in [-0.4, -0.2) is 28.1 Å². The molecule has 34 heavy (non-hydrogen) atoms. The molecule has 9 heteroatoms. The van der Waals surface area contributed by atoms with E-state index in [1.54, 1.807) is 62.5 Å². The molecule has 1 amide bonds. The number of hydrogen-bond acceptors (Lipinski definition) is 6. The molecular formula is C25H24N4O5. The molecular weight excluding hydrogens is 436 g/mol. The van der Waals surface area contributed by atoms with Crippen LogP contribution in [0.1, 0.15) is 34.3 Å². The summed E-state index contributed by atoms with van der Waals surface area (Å²) in [6, 6.07) is 15.5. The number of carbonyl (C=O) groups excluding carboxylic acids is 2. The van der Waals surface area contributed by atoms with E-state index in [0.29, 0.717) is 33.9 Å². The van der Waals surface area contributed by atoms with Gasteiger partial charge in [0.15, 0.2) is 0 Å².